The van der Waals surface area contributed by atoms with Gasteiger partial charge >= 0.3 is 0 Å². The lowest BCUT2D eigenvalue weighted by Crippen LogP contribution is -2.51. The zero-order valence-electron chi connectivity index (χ0n) is 13.2. The van der Waals surface area contributed by atoms with Crippen molar-refractivity contribution in [3.05, 3.63) is 35.9 Å². The normalized spacial score (nSPS) is 17.7. The second-order valence-electron chi connectivity index (χ2n) is 5.83. The molecule has 1 heterocycles. The average Bonchev–Trinajstić information content (AvgIpc) is 2.54. The van der Waals surface area contributed by atoms with E-state index in [4.69, 9.17) is 0 Å². The van der Waals surface area contributed by atoms with Crippen molar-refractivity contribution in [3.8, 4) is 0 Å². The van der Waals surface area contributed by atoms with Crippen molar-refractivity contribution in [3.63, 3.8) is 0 Å². The lowest BCUT2D eigenvalue weighted by Gasteiger charge is -2.35. The van der Waals surface area contributed by atoms with Crippen LogP contribution < -0.4 is 5.32 Å². The van der Waals surface area contributed by atoms with Crippen molar-refractivity contribution >= 4 is 5.91 Å². The van der Waals surface area contributed by atoms with Crippen molar-refractivity contribution in [1.29, 1.82) is 0 Å². The summed E-state index contributed by atoms with van der Waals surface area (Å²) in [5.74, 6) is 0.231. The SMILES string of the molecule is CCC(C)NCC(=O)N1CCN(Cc2ccccc2)CC1. The van der Waals surface area contributed by atoms with E-state index in [2.05, 4.69) is 48.3 Å². The van der Waals surface area contributed by atoms with Crippen molar-refractivity contribution in [2.75, 3.05) is 32.7 Å². The molecule has 2 rings (SSSR count). The summed E-state index contributed by atoms with van der Waals surface area (Å²) < 4.78 is 0. The van der Waals surface area contributed by atoms with Crippen molar-refractivity contribution in [2.24, 2.45) is 0 Å². The van der Waals surface area contributed by atoms with Gasteiger partial charge in [-0.2, -0.15) is 0 Å². The van der Waals surface area contributed by atoms with Gasteiger partial charge in [0.15, 0.2) is 0 Å². The van der Waals surface area contributed by atoms with Gasteiger partial charge in [-0.15, -0.1) is 0 Å². The van der Waals surface area contributed by atoms with Crippen LogP contribution in [0.2, 0.25) is 0 Å². The summed E-state index contributed by atoms with van der Waals surface area (Å²) in [4.78, 5) is 16.5. The number of nitrogens with one attached hydrogen (secondary N) is 1. The molecule has 1 aliphatic heterocycles. The van der Waals surface area contributed by atoms with Gasteiger partial charge in [0, 0.05) is 38.8 Å². The molecule has 1 atom stereocenters. The van der Waals surface area contributed by atoms with Crippen LogP contribution in [0.3, 0.4) is 0 Å². The molecule has 1 aliphatic rings. The first-order valence-electron chi connectivity index (χ1n) is 7.96. The molecule has 4 nitrogen and oxygen atoms in total. The molecule has 0 spiro atoms. The van der Waals surface area contributed by atoms with Crippen LogP contribution >= 0.6 is 0 Å². The van der Waals surface area contributed by atoms with Gasteiger partial charge in [0.2, 0.25) is 5.91 Å². The Bertz CT molecular complexity index is 427. The molecule has 1 aromatic rings. The van der Waals surface area contributed by atoms with Crippen LogP contribution in [0.5, 0.6) is 0 Å². The summed E-state index contributed by atoms with van der Waals surface area (Å²) in [7, 11) is 0. The summed E-state index contributed by atoms with van der Waals surface area (Å²) in [6.07, 6.45) is 1.05. The van der Waals surface area contributed by atoms with E-state index in [9.17, 15) is 4.79 Å². The average molecular weight is 289 g/mol. The molecule has 21 heavy (non-hydrogen) atoms. The molecule has 0 radical (unpaired) electrons. The predicted octanol–water partition coefficient (Wildman–Crippen LogP) is 1.72. The third-order valence-corrected chi connectivity index (χ3v) is 4.19. The van der Waals surface area contributed by atoms with Gasteiger partial charge in [-0.05, 0) is 18.9 Å². The van der Waals surface area contributed by atoms with Gasteiger partial charge in [0.05, 0.1) is 6.54 Å². The molecule has 1 amide bonds. The molecule has 0 aliphatic carbocycles. The fraction of sp³-hybridized carbons (Fsp3) is 0.588. The first-order valence-corrected chi connectivity index (χ1v) is 7.96. The number of amides is 1. The fourth-order valence-corrected chi connectivity index (χ4v) is 2.51. The predicted molar refractivity (Wildman–Crippen MR) is 86.1 cm³/mol. The maximum Gasteiger partial charge on any atom is 0.236 e. The van der Waals surface area contributed by atoms with Crippen LogP contribution in [0, 0.1) is 0 Å². The molecule has 0 saturated carbocycles. The van der Waals surface area contributed by atoms with E-state index < -0.39 is 0 Å². The molecular weight excluding hydrogens is 262 g/mol. The first kappa shape index (κ1) is 16.0. The summed E-state index contributed by atoms with van der Waals surface area (Å²) in [5, 5.41) is 3.28. The van der Waals surface area contributed by atoms with Gasteiger partial charge in [-0.25, -0.2) is 0 Å². The van der Waals surface area contributed by atoms with Crippen LogP contribution in [0.15, 0.2) is 30.3 Å². The lowest BCUT2D eigenvalue weighted by atomic mass is 10.2. The Hall–Kier alpha value is -1.39. The Kier molecular flexibility index (Phi) is 6.21. The van der Waals surface area contributed by atoms with E-state index in [0.717, 1.165) is 39.1 Å². The summed E-state index contributed by atoms with van der Waals surface area (Å²) in [6, 6.07) is 10.9. The molecule has 116 valence electrons. The highest BCUT2D eigenvalue weighted by molar-refractivity contribution is 5.78. The Morgan fingerprint density at radius 1 is 1.19 bits per heavy atom. The van der Waals surface area contributed by atoms with Crippen LogP contribution in [-0.4, -0.2) is 54.5 Å². The zero-order valence-corrected chi connectivity index (χ0v) is 13.2. The van der Waals surface area contributed by atoms with E-state index in [0.29, 0.717) is 12.6 Å². The highest BCUT2D eigenvalue weighted by Crippen LogP contribution is 2.08. The molecule has 4 heteroatoms. The van der Waals surface area contributed by atoms with Crippen molar-refractivity contribution < 1.29 is 4.79 Å². The van der Waals surface area contributed by atoms with E-state index in [1.54, 1.807) is 0 Å². The first-order chi connectivity index (χ1) is 10.2. The summed E-state index contributed by atoms with van der Waals surface area (Å²) in [5.41, 5.74) is 1.34. The fourth-order valence-electron chi connectivity index (χ4n) is 2.51. The molecule has 1 N–H and O–H groups in total. The van der Waals surface area contributed by atoms with Crippen LogP contribution in [0.25, 0.3) is 0 Å². The van der Waals surface area contributed by atoms with Gasteiger partial charge < -0.3 is 10.2 Å². The molecule has 0 aromatic heterocycles. The molecular formula is C17H27N3O. The maximum absolute atomic E-state index is 12.1. The van der Waals surface area contributed by atoms with E-state index in [1.807, 2.05) is 11.0 Å². The minimum Gasteiger partial charge on any atom is -0.339 e. The smallest absolute Gasteiger partial charge is 0.236 e. The molecule has 0 bridgehead atoms. The van der Waals surface area contributed by atoms with Crippen molar-refractivity contribution in [1.82, 2.24) is 15.1 Å². The van der Waals surface area contributed by atoms with Crippen LogP contribution in [0.1, 0.15) is 25.8 Å². The third-order valence-electron chi connectivity index (χ3n) is 4.19. The number of rotatable bonds is 6. The number of carbonyl (C=O) groups is 1. The van der Waals surface area contributed by atoms with Gasteiger partial charge in [-0.1, -0.05) is 37.3 Å². The number of hydrogen-bond acceptors (Lipinski definition) is 3. The number of hydrogen-bond donors (Lipinski definition) is 1. The summed E-state index contributed by atoms with van der Waals surface area (Å²) in [6.45, 7) is 9.30. The van der Waals surface area contributed by atoms with E-state index in [-0.39, 0.29) is 5.91 Å². The maximum atomic E-state index is 12.1. The minimum absolute atomic E-state index is 0.231. The zero-order chi connectivity index (χ0) is 15.1. The standard InChI is InChI=1S/C17H27N3O/c1-3-15(2)18-13-17(21)20-11-9-19(10-12-20)14-16-7-5-4-6-8-16/h4-8,15,18H,3,9-14H2,1-2H3. The molecule has 1 unspecified atom stereocenters. The molecule has 1 saturated heterocycles. The second-order valence-corrected chi connectivity index (χ2v) is 5.83. The van der Waals surface area contributed by atoms with Gasteiger partial charge in [0.1, 0.15) is 0 Å². The Morgan fingerprint density at radius 3 is 2.48 bits per heavy atom. The number of piperazine rings is 1. The highest BCUT2D eigenvalue weighted by atomic mass is 16.2. The number of benzene rings is 1. The monoisotopic (exact) mass is 289 g/mol. The lowest BCUT2D eigenvalue weighted by molar-refractivity contribution is -0.132. The highest BCUT2D eigenvalue weighted by Gasteiger charge is 2.20. The number of nitrogens with zero attached hydrogens (tertiary/aromatic N) is 2. The number of carbonyl (C=O) groups excluding carboxylic acids is 1. The van der Waals surface area contributed by atoms with Crippen LogP contribution in [-0.2, 0) is 11.3 Å². The van der Waals surface area contributed by atoms with E-state index >= 15 is 0 Å². The Morgan fingerprint density at radius 2 is 1.86 bits per heavy atom. The molecule has 1 fully saturated rings. The Labute approximate surface area is 128 Å². The topological polar surface area (TPSA) is 35.6 Å². The quantitative estimate of drug-likeness (QED) is 0.866. The van der Waals surface area contributed by atoms with Gasteiger partial charge in [0.25, 0.3) is 0 Å². The van der Waals surface area contributed by atoms with Gasteiger partial charge in [-0.3, -0.25) is 9.69 Å². The van der Waals surface area contributed by atoms with E-state index in [1.165, 1.54) is 5.56 Å². The third kappa shape index (κ3) is 5.14. The second kappa shape index (κ2) is 8.15. The summed E-state index contributed by atoms with van der Waals surface area (Å²) >= 11 is 0. The van der Waals surface area contributed by atoms with Crippen molar-refractivity contribution in [2.45, 2.75) is 32.9 Å². The minimum atomic E-state index is 0.231. The van der Waals surface area contributed by atoms with Crippen LogP contribution in [0.4, 0.5) is 0 Å². The Balaban J connectivity index is 1.71. The molecule has 1 aromatic carbocycles. The largest absolute Gasteiger partial charge is 0.339 e.